The van der Waals surface area contributed by atoms with Crippen molar-refractivity contribution in [2.75, 3.05) is 13.1 Å². The Hall–Kier alpha value is -0.720. The maximum absolute atomic E-state index is 3.20. The molecule has 0 amide bonds. The van der Waals surface area contributed by atoms with Gasteiger partial charge in [0.25, 0.3) is 0 Å². The second-order valence-corrected chi connectivity index (χ2v) is 2.88. The summed E-state index contributed by atoms with van der Waals surface area (Å²) in [6, 6.07) is 0. The molecule has 0 N–H and O–H groups in total. The Morgan fingerprint density at radius 1 is 1.45 bits per heavy atom. The quantitative estimate of drug-likeness (QED) is 0.556. The number of nitrogens with zero attached hydrogens (tertiary/aromatic N) is 1. The Labute approximate surface area is 69.4 Å². The van der Waals surface area contributed by atoms with Crippen molar-refractivity contribution in [2.45, 2.75) is 26.2 Å². The van der Waals surface area contributed by atoms with Gasteiger partial charge in [0, 0.05) is 13.1 Å². The molecule has 1 aliphatic heterocycles. The summed E-state index contributed by atoms with van der Waals surface area (Å²) in [7, 11) is 0. The van der Waals surface area contributed by atoms with Crippen molar-refractivity contribution < 1.29 is 0 Å². The minimum Gasteiger partial charge on any atom is -0.366 e. The second-order valence-electron chi connectivity index (χ2n) is 2.88. The van der Waals surface area contributed by atoms with Crippen molar-refractivity contribution in [3.63, 3.8) is 0 Å². The third kappa shape index (κ3) is 3.26. The Morgan fingerprint density at radius 3 is 3.00 bits per heavy atom. The molecule has 0 spiro atoms. The SMILES string of the molecule is CCCCCN1[C]=CC=CC1. The van der Waals surface area contributed by atoms with Gasteiger partial charge in [-0.05, 0) is 12.5 Å². The minimum atomic E-state index is 1.04. The van der Waals surface area contributed by atoms with Gasteiger partial charge in [0.15, 0.2) is 0 Å². The highest BCUT2D eigenvalue weighted by atomic mass is 15.1. The molecule has 0 aromatic rings. The van der Waals surface area contributed by atoms with E-state index in [-0.39, 0.29) is 0 Å². The first-order valence-electron chi connectivity index (χ1n) is 4.43. The van der Waals surface area contributed by atoms with Gasteiger partial charge in [-0.25, -0.2) is 0 Å². The molecule has 0 bridgehead atoms. The fourth-order valence-electron chi connectivity index (χ4n) is 1.17. The van der Waals surface area contributed by atoms with E-state index in [0.29, 0.717) is 0 Å². The minimum absolute atomic E-state index is 1.04. The lowest BCUT2D eigenvalue weighted by Gasteiger charge is -2.18. The van der Waals surface area contributed by atoms with Gasteiger partial charge in [0.2, 0.25) is 0 Å². The Balaban J connectivity index is 2.07. The lowest BCUT2D eigenvalue weighted by molar-refractivity contribution is 0.379. The molecule has 1 radical (unpaired) electrons. The van der Waals surface area contributed by atoms with Crippen LogP contribution in [0.2, 0.25) is 0 Å². The molecule has 11 heavy (non-hydrogen) atoms. The van der Waals surface area contributed by atoms with Crippen LogP contribution in [0.4, 0.5) is 0 Å². The van der Waals surface area contributed by atoms with E-state index in [0.717, 1.165) is 13.1 Å². The van der Waals surface area contributed by atoms with E-state index in [2.05, 4.69) is 30.2 Å². The monoisotopic (exact) mass is 150 g/mol. The lowest BCUT2D eigenvalue weighted by Crippen LogP contribution is -2.20. The zero-order chi connectivity index (χ0) is 7.94. The summed E-state index contributed by atoms with van der Waals surface area (Å²) in [6.07, 6.45) is 13.3. The van der Waals surface area contributed by atoms with Gasteiger partial charge in [-0.2, -0.15) is 0 Å². The summed E-state index contributed by atoms with van der Waals surface area (Å²) < 4.78 is 0. The molecule has 0 aromatic heterocycles. The summed E-state index contributed by atoms with van der Waals surface area (Å²) in [6.45, 7) is 4.44. The van der Waals surface area contributed by atoms with Crippen molar-refractivity contribution in [1.29, 1.82) is 0 Å². The molecule has 0 saturated carbocycles. The molecule has 1 rings (SSSR count). The summed E-state index contributed by atoms with van der Waals surface area (Å²) in [5.74, 6) is 0. The Kier molecular flexibility index (Phi) is 3.81. The molecule has 1 nitrogen and oxygen atoms in total. The van der Waals surface area contributed by atoms with Crippen LogP contribution >= 0.6 is 0 Å². The normalized spacial score (nSPS) is 15.9. The lowest BCUT2D eigenvalue weighted by atomic mass is 10.2. The molecule has 0 aliphatic carbocycles. The van der Waals surface area contributed by atoms with Crippen LogP contribution in [0.1, 0.15) is 26.2 Å². The third-order valence-corrected chi connectivity index (χ3v) is 1.85. The zero-order valence-corrected chi connectivity index (χ0v) is 7.21. The molecule has 1 aliphatic rings. The molecular weight excluding hydrogens is 134 g/mol. The van der Waals surface area contributed by atoms with Crippen molar-refractivity contribution in [2.24, 2.45) is 0 Å². The maximum Gasteiger partial charge on any atom is 0.0606 e. The summed E-state index contributed by atoms with van der Waals surface area (Å²) >= 11 is 0. The van der Waals surface area contributed by atoms with Crippen LogP contribution in [0.3, 0.4) is 0 Å². The molecule has 0 aromatic carbocycles. The van der Waals surface area contributed by atoms with Gasteiger partial charge in [0.05, 0.1) is 6.20 Å². The third-order valence-electron chi connectivity index (χ3n) is 1.85. The van der Waals surface area contributed by atoms with Gasteiger partial charge < -0.3 is 4.90 Å². The second kappa shape index (κ2) is 5.00. The largest absolute Gasteiger partial charge is 0.366 e. The summed E-state index contributed by atoms with van der Waals surface area (Å²) in [4.78, 5) is 2.23. The highest BCUT2D eigenvalue weighted by Crippen LogP contribution is 2.01. The van der Waals surface area contributed by atoms with Crippen molar-refractivity contribution >= 4 is 0 Å². The van der Waals surface area contributed by atoms with E-state index in [1.165, 1.54) is 19.3 Å². The molecule has 61 valence electrons. The van der Waals surface area contributed by atoms with Gasteiger partial charge in [-0.1, -0.05) is 31.9 Å². The van der Waals surface area contributed by atoms with Crippen molar-refractivity contribution in [1.82, 2.24) is 4.90 Å². The summed E-state index contributed by atoms with van der Waals surface area (Å²) in [5.41, 5.74) is 0. The van der Waals surface area contributed by atoms with E-state index in [4.69, 9.17) is 0 Å². The van der Waals surface area contributed by atoms with Crippen LogP contribution in [-0.2, 0) is 0 Å². The highest BCUT2D eigenvalue weighted by molar-refractivity contribution is 5.04. The predicted molar refractivity (Wildman–Crippen MR) is 48.1 cm³/mol. The number of rotatable bonds is 4. The van der Waals surface area contributed by atoms with Crippen LogP contribution in [0.5, 0.6) is 0 Å². The van der Waals surface area contributed by atoms with E-state index < -0.39 is 0 Å². The van der Waals surface area contributed by atoms with Crippen LogP contribution < -0.4 is 0 Å². The zero-order valence-electron chi connectivity index (χ0n) is 7.21. The molecule has 0 unspecified atom stereocenters. The predicted octanol–water partition coefficient (Wildman–Crippen LogP) is 2.37. The van der Waals surface area contributed by atoms with E-state index in [9.17, 15) is 0 Å². The average Bonchev–Trinajstić information content (AvgIpc) is 2.07. The van der Waals surface area contributed by atoms with E-state index in [1.54, 1.807) is 0 Å². The fraction of sp³-hybridized carbons (Fsp3) is 0.600. The van der Waals surface area contributed by atoms with Gasteiger partial charge in [0.1, 0.15) is 0 Å². The first-order valence-corrected chi connectivity index (χ1v) is 4.43. The van der Waals surface area contributed by atoms with Gasteiger partial charge >= 0.3 is 0 Å². The molecule has 1 heteroatoms. The molecular formula is C10H16N. The fourth-order valence-corrected chi connectivity index (χ4v) is 1.17. The van der Waals surface area contributed by atoms with Crippen LogP contribution in [0, 0.1) is 6.20 Å². The average molecular weight is 150 g/mol. The number of hydrogen-bond donors (Lipinski definition) is 0. The standard InChI is InChI=1S/C10H16N/c1-2-3-5-8-11-9-6-4-7-10-11/h4,6-7H,2-3,5,8-9H2,1H3. The molecule has 0 atom stereocenters. The Bertz CT molecular complexity index is 147. The Morgan fingerprint density at radius 2 is 2.36 bits per heavy atom. The first-order chi connectivity index (χ1) is 5.43. The number of allylic oxidation sites excluding steroid dienone is 2. The smallest absolute Gasteiger partial charge is 0.0606 e. The topological polar surface area (TPSA) is 3.24 Å². The highest BCUT2D eigenvalue weighted by Gasteiger charge is 1.98. The summed E-state index contributed by atoms with van der Waals surface area (Å²) in [5, 5.41) is 0. The van der Waals surface area contributed by atoms with Crippen LogP contribution in [0.15, 0.2) is 18.2 Å². The van der Waals surface area contributed by atoms with Crippen LogP contribution in [-0.4, -0.2) is 18.0 Å². The first kappa shape index (κ1) is 8.38. The van der Waals surface area contributed by atoms with Gasteiger partial charge in [-0.15, -0.1) is 0 Å². The van der Waals surface area contributed by atoms with E-state index >= 15 is 0 Å². The molecule has 0 fully saturated rings. The van der Waals surface area contributed by atoms with Crippen molar-refractivity contribution in [3.8, 4) is 0 Å². The maximum atomic E-state index is 3.20. The van der Waals surface area contributed by atoms with Crippen LogP contribution in [0.25, 0.3) is 0 Å². The molecule has 0 saturated heterocycles. The molecule has 1 heterocycles. The number of unbranched alkanes of at least 4 members (excludes halogenated alkanes) is 2. The van der Waals surface area contributed by atoms with E-state index in [1.807, 2.05) is 6.08 Å². The van der Waals surface area contributed by atoms with Gasteiger partial charge in [-0.3, -0.25) is 0 Å². The number of hydrogen-bond acceptors (Lipinski definition) is 1. The van der Waals surface area contributed by atoms with Crippen molar-refractivity contribution in [3.05, 3.63) is 24.4 Å².